The van der Waals surface area contributed by atoms with E-state index in [4.69, 9.17) is 19.9 Å². The minimum absolute atomic E-state index is 0.00441. The Labute approximate surface area is 94.3 Å². The molecule has 0 atom stereocenters. The quantitative estimate of drug-likeness (QED) is 0.729. The fourth-order valence-corrected chi connectivity index (χ4v) is 1.99. The molecule has 4 nitrogen and oxygen atoms in total. The first-order chi connectivity index (χ1) is 7.62. The third-order valence-corrected chi connectivity index (χ3v) is 3.10. The summed E-state index contributed by atoms with van der Waals surface area (Å²) in [4.78, 5) is 0. The van der Waals surface area contributed by atoms with E-state index in [0.29, 0.717) is 19.8 Å². The number of fused-ring (bicyclic) bond motifs is 3. The van der Waals surface area contributed by atoms with Crippen molar-refractivity contribution in [3.63, 3.8) is 0 Å². The third-order valence-electron chi connectivity index (χ3n) is 3.10. The molecular formula is C12H15NO3. The van der Waals surface area contributed by atoms with Crippen LogP contribution in [0.15, 0.2) is 24.3 Å². The first kappa shape index (κ1) is 10.1. The number of nitrogen functional groups attached to an aromatic ring is 1. The number of benzene rings is 1. The second kappa shape index (κ2) is 3.20. The zero-order chi connectivity index (χ0) is 11.2. The summed E-state index contributed by atoms with van der Waals surface area (Å²) in [6.45, 7) is 4.09. The topological polar surface area (TPSA) is 53.7 Å². The van der Waals surface area contributed by atoms with Crippen LogP contribution >= 0.6 is 0 Å². The molecule has 86 valence electrons. The molecule has 0 unspecified atom stereocenters. The lowest BCUT2D eigenvalue weighted by atomic mass is 9.91. The van der Waals surface area contributed by atoms with Crippen molar-refractivity contribution >= 4 is 5.69 Å². The van der Waals surface area contributed by atoms with Crippen molar-refractivity contribution in [3.05, 3.63) is 29.8 Å². The Morgan fingerprint density at radius 2 is 1.50 bits per heavy atom. The zero-order valence-electron chi connectivity index (χ0n) is 9.23. The molecule has 3 aliphatic rings. The fraction of sp³-hybridized carbons (Fsp3) is 0.500. The summed E-state index contributed by atoms with van der Waals surface area (Å²) < 4.78 is 17.1. The van der Waals surface area contributed by atoms with Gasteiger partial charge in [-0.05, 0) is 24.3 Å². The normalized spacial score (nSPS) is 37.6. The van der Waals surface area contributed by atoms with Gasteiger partial charge in [-0.1, -0.05) is 6.92 Å². The van der Waals surface area contributed by atoms with Crippen molar-refractivity contribution in [2.45, 2.75) is 12.9 Å². The van der Waals surface area contributed by atoms with Crippen LogP contribution < -0.4 is 5.73 Å². The lowest BCUT2D eigenvalue weighted by Gasteiger charge is -2.50. The molecule has 4 rings (SSSR count). The Balaban J connectivity index is 1.92. The standard InChI is InChI=1S/C12H15NO3/c1-11-6-14-12(15-7-11,16-8-11)9-2-4-10(13)5-3-9/h2-5H,6-8,13H2,1H3. The maximum Gasteiger partial charge on any atom is 0.312 e. The summed E-state index contributed by atoms with van der Waals surface area (Å²) in [5.41, 5.74) is 7.23. The predicted molar refractivity (Wildman–Crippen MR) is 58.5 cm³/mol. The molecule has 3 saturated heterocycles. The van der Waals surface area contributed by atoms with Crippen LogP contribution in [0.25, 0.3) is 0 Å². The molecule has 0 radical (unpaired) electrons. The molecule has 1 aromatic rings. The highest BCUT2D eigenvalue weighted by atomic mass is 16.9. The minimum Gasteiger partial charge on any atom is -0.399 e. The first-order valence-electron chi connectivity index (χ1n) is 5.40. The number of rotatable bonds is 1. The lowest BCUT2D eigenvalue weighted by Crippen LogP contribution is -2.57. The van der Waals surface area contributed by atoms with E-state index in [2.05, 4.69) is 6.92 Å². The van der Waals surface area contributed by atoms with Gasteiger partial charge in [-0.2, -0.15) is 0 Å². The molecule has 0 saturated carbocycles. The molecule has 3 heterocycles. The molecule has 0 aliphatic carbocycles. The summed E-state index contributed by atoms with van der Waals surface area (Å²) in [7, 11) is 0. The van der Waals surface area contributed by atoms with Crippen LogP contribution in [-0.2, 0) is 20.2 Å². The van der Waals surface area contributed by atoms with Gasteiger partial charge in [-0.3, -0.25) is 0 Å². The van der Waals surface area contributed by atoms with E-state index in [-0.39, 0.29) is 5.41 Å². The second-order valence-electron chi connectivity index (χ2n) is 4.85. The van der Waals surface area contributed by atoms with E-state index in [1.165, 1.54) is 0 Å². The van der Waals surface area contributed by atoms with Gasteiger partial charge >= 0.3 is 5.97 Å². The van der Waals surface area contributed by atoms with Gasteiger partial charge in [0.15, 0.2) is 0 Å². The Bertz CT molecular complexity index is 377. The van der Waals surface area contributed by atoms with Crippen LogP contribution in [0.2, 0.25) is 0 Å². The molecule has 2 bridgehead atoms. The average Bonchev–Trinajstić information content (AvgIpc) is 2.31. The average molecular weight is 221 g/mol. The zero-order valence-corrected chi connectivity index (χ0v) is 9.23. The Hall–Kier alpha value is -1.10. The number of nitrogens with two attached hydrogens (primary N) is 1. The molecule has 0 amide bonds. The lowest BCUT2D eigenvalue weighted by molar-refractivity contribution is -0.477. The maximum absolute atomic E-state index is 5.71. The molecule has 3 fully saturated rings. The molecule has 2 N–H and O–H groups in total. The van der Waals surface area contributed by atoms with E-state index >= 15 is 0 Å². The highest BCUT2D eigenvalue weighted by Crippen LogP contribution is 2.43. The van der Waals surface area contributed by atoms with E-state index in [9.17, 15) is 0 Å². The molecule has 0 aromatic heterocycles. The minimum atomic E-state index is -1.01. The number of anilines is 1. The van der Waals surface area contributed by atoms with E-state index < -0.39 is 5.97 Å². The Kier molecular flexibility index (Phi) is 2.01. The number of ether oxygens (including phenoxy) is 3. The smallest absolute Gasteiger partial charge is 0.312 e. The van der Waals surface area contributed by atoms with E-state index in [0.717, 1.165) is 11.3 Å². The summed E-state index contributed by atoms with van der Waals surface area (Å²) in [5, 5.41) is 0. The molecule has 0 spiro atoms. The van der Waals surface area contributed by atoms with Crippen molar-refractivity contribution in [2.75, 3.05) is 25.6 Å². The van der Waals surface area contributed by atoms with Gasteiger partial charge in [0.2, 0.25) is 0 Å². The Morgan fingerprint density at radius 1 is 1.00 bits per heavy atom. The van der Waals surface area contributed by atoms with Crippen LogP contribution in [0.3, 0.4) is 0 Å². The predicted octanol–water partition coefficient (Wildman–Crippen LogP) is 1.46. The molecular weight excluding hydrogens is 206 g/mol. The summed E-state index contributed by atoms with van der Waals surface area (Å²) in [5.74, 6) is -1.01. The molecule has 1 aromatic carbocycles. The van der Waals surface area contributed by atoms with Crippen LogP contribution in [0, 0.1) is 5.41 Å². The first-order valence-corrected chi connectivity index (χ1v) is 5.40. The third kappa shape index (κ3) is 1.42. The number of hydrogen-bond acceptors (Lipinski definition) is 4. The van der Waals surface area contributed by atoms with Gasteiger partial charge in [0.05, 0.1) is 19.8 Å². The van der Waals surface area contributed by atoms with Crippen LogP contribution in [0.1, 0.15) is 12.5 Å². The molecule has 16 heavy (non-hydrogen) atoms. The van der Waals surface area contributed by atoms with Crippen LogP contribution in [0.5, 0.6) is 0 Å². The van der Waals surface area contributed by atoms with Crippen molar-refractivity contribution in [1.29, 1.82) is 0 Å². The highest BCUT2D eigenvalue weighted by molar-refractivity contribution is 5.40. The summed E-state index contributed by atoms with van der Waals surface area (Å²) >= 11 is 0. The SMILES string of the molecule is CC12COC(c3ccc(N)cc3)(OC1)OC2. The maximum atomic E-state index is 5.71. The van der Waals surface area contributed by atoms with Crippen molar-refractivity contribution < 1.29 is 14.2 Å². The van der Waals surface area contributed by atoms with Gasteiger partial charge in [-0.25, -0.2) is 0 Å². The fourth-order valence-electron chi connectivity index (χ4n) is 1.99. The summed E-state index contributed by atoms with van der Waals surface area (Å²) in [6, 6.07) is 7.40. The monoisotopic (exact) mass is 221 g/mol. The van der Waals surface area contributed by atoms with Crippen molar-refractivity contribution in [3.8, 4) is 0 Å². The second-order valence-corrected chi connectivity index (χ2v) is 4.85. The van der Waals surface area contributed by atoms with Gasteiger partial charge in [-0.15, -0.1) is 0 Å². The largest absolute Gasteiger partial charge is 0.399 e. The number of hydrogen-bond donors (Lipinski definition) is 1. The van der Waals surface area contributed by atoms with Crippen molar-refractivity contribution in [1.82, 2.24) is 0 Å². The van der Waals surface area contributed by atoms with Gasteiger partial charge < -0.3 is 19.9 Å². The van der Waals surface area contributed by atoms with Crippen LogP contribution in [-0.4, -0.2) is 19.8 Å². The van der Waals surface area contributed by atoms with E-state index in [1.807, 2.05) is 24.3 Å². The highest BCUT2D eigenvalue weighted by Gasteiger charge is 2.51. The van der Waals surface area contributed by atoms with Gasteiger partial charge in [0.25, 0.3) is 0 Å². The molecule has 3 aliphatic heterocycles. The molecule has 4 heteroatoms. The van der Waals surface area contributed by atoms with Crippen LogP contribution in [0.4, 0.5) is 5.69 Å². The van der Waals surface area contributed by atoms with Gasteiger partial charge in [0, 0.05) is 16.7 Å². The van der Waals surface area contributed by atoms with Crippen molar-refractivity contribution in [2.24, 2.45) is 5.41 Å². The van der Waals surface area contributed by atoms with Gasteiger partial charge in [0.1, 0.15) is 0 Å². The Morgan fingerprint density at radius 3 is 2.00 bits per heavy atom. The summed E-state index contributed by atoms with van der Waals surface area (Å²) in [6.07, 6.45) is 0. The van der Waals surface area contributed by atoms with E-state index in [1.54, 1.807) is 0 Å².